The molecular weight excluding hydrogens is 552 g/mol. The second-order valence-corrected chi connectivity index (χ2v) is 9.70. The van der Waals surface area contributed by atoms with Crippen molar-refractivity contribution in [2.45, 2.75) is 5.16 Å². The summed E-state index contributed by atoms with van der Waals surface area (Å²) in [6.07, 6.45) is 5.02. The summed E-state index contributed by atoms with van der Waals surface area (Å²) >= 11 is 4.75. The van der Waals surface area contributed by atoms with Crippen LogP contribution in [0.1, 0.15) is 5.56 Å². The number of hydrogen-bond donors (Lipinski definition) is 1. The Labute approximate surface area is 225 Å². The average molecular weight is 573 g/mol. The monoisotopic (exact) mass is 572 g/mol. The van der Waals surface area contributed by atoms with Gasteiger partial charge in [0, 0.05) is 33.7 Å². The number of methoxy groups -OCH3 is 1. The molecule has 184 valence electrons. The molecule has 1 N–H and O–H groups in total. The van der Waals surface area contributed by atoms with E-state index in [0.717, 1.165) is 32.1 Å². The number of halogens is 1. The van der Waals surface area contributed by atoms with Gasteiger partial charge in [-0.1, -0.05) is 58.0 Å². The van der Waals surface area contributed by atoms with E-state index in [9.17, 15) is 4.79 Å². The molecule has 8 nitrogen and oxygen atoms in total. The number of benzene rings is 3. The van der Waals surface area contributed by atoms with Crippen LogP contribution in [-0.4, -0.2) is 44.7 Å². The van der Waals surface area contributed by atoms with Crippen LogP contribution in [0.2, 0.25) is 0 Å². The molecule has 10 heteroatoms. The molecule has 37 heavy (non-hydrogen) atoms. The summed E-state index contributed by atoms with van der Waals surface area (Å²) < 4.78 is 8.37. The highest BCUT2D eigenvalue weighted by Crippen LogP contribution is 2.29. The van der Waals surface area contributed by atoms with Crippen LogP contribution in [0.25, 0.3) is 27.8 Å². The van der Waals surface area contributed by atoms with Gasteiger partial charge < -0.3 is 4.74 Å². The van der Waals surface area contributed by atoms with Crippen LogP contribution in [0.5, 0.6) is 5.75 Å². The normalized spacial score (nSPS) is 11.2. The predicted octanol–water partition coefficient (Wildman–Crippen LogP) is 5.50. The molecule has 0 aliphatic heterocycles. The molecule has 0 unspecified atom stereocenters. The van der Waals surface area contributed by atoms with Gasteiger partial charge >= 0.3 is 0 Å². The van der Waals surface area contributed by atoms with Crippen LogP contribution < -0.4 is 10.2 Å². The summed E-state index contributed by atoms with van der Waals surface area (Å²) in [6.45, 7) is 0. The molecular formula is C27H21BrN6O2S. The summed E-state index contributed by atoms with van der Waals surface area (Å²) in [5, 5.41) is 15.6. The van der Waals surface area contributed by atoms with E-state index in [1.54, 1.807) is 25.7 Å². The lowest BCUT2D eigenvalue weighted by atomic mass is 10.0. The van der Waals surface area contributed by atoms with Crippen LogP contribution in [-0.2, 0) is 4.79 Å². The maximum atomic E-state index is 12.6. The molecule has 1 amide bonds. The van der Waals surface area contributed by atoms with Gasteiger partial charge in [0.1, 0.15) is 5.75 Å². The number of rotatable bonds is 8. The maximum Gasteiger partial charge on any atom is 0.250 e. The average Bonchev–Trinajstić information content (AvgIpc) is 3.37. The second-order valence-electron chi connectivity index (χ2n) is 7.84. The molecule has 0 aliphatic carbocycles. The summed E-state index contributed by atoms with van der Waals surface area (Å²) in [5.41, 5.74) is 5.15. The first-order valence-electron chi connectivity index (χ1n) is 11.3. The number of ether oxygens (including phenoxy) is 1. The van der Waals surface area contributed by atoms with Crippen LogP contribution >= 0.6 is 27.7 Å². The fourth-order valence-electron chi connectivity index (χ4n) is 3.79. The van der Waals surface area contributed by atoms with E-state index < -0.39 is 0 Å². The molecule has 5 rings (SSSR count). The zero-order valence-electron chi connectivity index (χ0n) is 19.7. The first-order valence-corrected chi connectivity index (χ1v) is 13.0. The third kappa shape index (κ3) is 5.55. The van der Waals surface area contributed by atoms with E-state index >= 15 is 0 Å². The molecule has 0 saturated carbocycles. The zero-order valence-corrected chi connectivity index (χ0v) is 22.1. The number of carbonyl (C=O) groups excluding carboxylic acids is 1. The minimum atomic E-state index is -0.267. The fourth-order valence-corrected chi connectivity index (χ4v) is 4.80. The number of aromatic nitrogens is 4. The highest BCUT2D eigenvalue weighted by atomic mass is 79.9. The fraction of sp³-hybridized carbons (Fsp3) is 0.0741. The number of hydrazone groups is 1. The molecule has 0 radical (unpaired) electrons. The van der Waals surface area contributed by atoms with E-state index in [1.165, 1.54) is 11.8 Å². The molecule has 2 heterocycles. The first-order chi connectivity index (χ1) is 18.1. The lowest BCUT2D eigenvalue weighted by Crippen LogP contribution is -2.20. The van der Waals surface area contributed by atoms with Gasteiger partial charge in [-0.25, -0.2) is 5.43 Å². The number of fused-ring (bicyclic) bond motifs is 1. The number of nitrogens with one attached hydrogen (secondary N) is 1. The number of pyridine rings is 1. The van der Waals surface area contributed by atoms with E-state index in [1.807, 2.05) is 77.4 Å². The highest BCUT2D eigenvalue weighted by molar-refractivity contribution is 9.10. The summed E-state index contributed by atoms with van der Waals surface area (Å²) in [6, 6.07) is 23.4. The minimum Gasteiger partial charge on any atom is -0.496 e. The lowest BCUT2D eigenvalue weighted by Gasteiger charge is -2.10. The largest absolute Gasteiger partial charge is 0.496 e. The maximum absolute atomic E-state index is 12.6. The Morgan fingerprint density at radius 3 is 2.62 bits per heavy atom. The molecule has 3 aromatic carbocycles. The van der Waals surface area contributed by atoms with Crippen molar-refractivity contribution in [3.63, 3.8) is 0 Å². The number of hydrogen-bond acceptors (Lipinski definition) is 7. The van der Waals surface area contributed by atoms with E-state index in [0.29, 0.717) is 16.7 Å². The molecule has 0 fully saturated rings. The predicted molar refractivity (Wildman–Crippen MR) is 149 cm³/mol. The summed E-state index contributed by atoms with van der Waals surface area (Å²) in [4.78, 5) is 16.7. The van der Waals surface area contributed by atoms with Gasteiger partial charge in [0.05, 0.1) is 19.1 Å². The highest BCUT2D eigenvalue weighted by Gasteiger charge is 2.17. The van der Waals surface area contributed by atoms with Gasteiger partial charge in [0.15, 0.2) is 11.0 Å². The first kappa shape index (κ1) is 24.7. The van der Waals surface area contributed by atoms with Crippen molar-refractivity contribution >= 4 is 50.6 Å². The molecule has 5 aromatic rings. The van der Waals surface area contributed by atoms with Crippen LogP contribution in [0.3, 0.4) is 0 Å². The van der Waals surface area contributed by atoms with Crippen molar-refractivity contribution in [2.75, 3.05) is 12.9 Å². The van der Waals surface area contributed by atoms with Crippen LogP contribution in [0.15, 0.2) is 99.9 Å². The SMILES string of the molecule is COc1ccc2ccccc2c1/C=N/NC(=O)CSc1nnc(-c2ccncc2)n1-c1ccc(Br)cc1. The van der Waals surface area contributed by atoms with Crippen molar-refractivity contribution in [3.05, 3.63) is 95.2 Å². The van der Waals surface area contributed by atoms with Crippen molar-refractivity contribution in [2.24, 2.45) is 5.10 Å². The van der Waals surface area contributed by atoms with E-state index in [4.69, 9.17) is 4.74 Å². The minimum absolute atomic E-state index is 0.106. The van der Waals surface area contributed by atoms with Gasteiger partial charge in [0.25, 0.3) is 5.91 Å². The van der Waals surface area contributed by atoms with Gasteiger partial charge in [0.2, 0.25) is 0 Å². The molecule has 0 atom stereocenters. The third-order valence-corrected chi connectivity index (χ3v) is 6.98. The molecule has 0 bridgehead atoms. The molecule has 0 saturated heterocycles. The lowest BCUT2D eigenvalue weighted by molar-refractivity contribution is -0.118. The Morgan fingerprint density at radius 2 is 1.84 bits per heavy atom. The van der Waals surface area contributed by atoms with Gasteiger partial charge in [-0.15, -0.1) is 10.2 Å². The standard InChI is InChI=1S/C27H21BrN6O2S/c1-36-24-11-6-18-4-2-3-5-22(18)23(24)16-30-31-25(35)17-37-27-33-32-26(19-12-14-29-15-13-19)34(27)21-9-7-20(28)8-10-21/h2-16H,17H2,1H3,(H,31,35)/b30-16+. The molecule has 0 spiro atoms. The van der Waals surface area contributed by atoms with E-state index in [-0.39, 0.29) is 11.7 Å². The number of amides is 1. The van der Waals surface area contributed by atoms with Gasteiger partial charge in [-0.05, 0) is 53.2 Å². The summed E-state index contributed by atoms with van der Waals surface area (Å²) in [5.74, 6) is 1.18. The van der Waals surface area contributed by atoms with Crippen molar-refractivity contribution in [3.8, 4) is 22.8 Å². The Hall–Kier alpha value is -4.02. The quantitative estimate of drug-likeness (QED) is 0.150. The van der Waals surface area contributed by atoms with Crippen LogP contribution in [0, 0.1) is 0 Å². The molecule has 2 aromatic heterocycles. The zero-order chi connectivity index (χ0) is 25.6. The number of carbonyl (C=O) groups is 1. The van der Waals surface area contributed by atoms with Crippen molar-refractivity contribution in [1.82, 2.24) is 25.2 Å². The van der Waals surface area contributed by atoms with Crippen molar-refractivity contribution < 1.29 is 9.53 Å². The van der Waals surface area contributed by atoms with Crippen molar-refractivity contribution in [1.29, 1.82) is 0 Å². The topological polar surface area (TPSA) is 94.3 Å². The van der Waals surface area contributed by atoms with Crippen LogP contribution in [0.4, 0.5) is 0 Å². The summed E-state index contributed by atoms with van der Waals surface area (Å²) in [7, 11) is 1.61. The Balaban J connectivity index is 1.33. The van der Waals surface area contributed by atoms with Gasteiger partial charge in [-0.2, -0.15) is 5.10 Å². The molecule has 0 aliphatic rings. The van der Waals surface area contributed by atoms with Gasteiger partial charge in [-0.3, -0.25) is 14.3 Å². The Morgan fingerprint density at radius 1 is 1.05 bits per heavy atom. The number of nitrogens with zero attached hydrogens (tertiary/aromatic N) is 5. The smallest absolute Gasteiger partial charge is 0.250 e. The van der Waals surface area contributed by atoms with E-state index in [2.05, 4.69) is 41.6 Å². The Bertz CT molecular complexity index is 1570. The Kier molecular flexibility index (Phi) is 7.57. The second kappa shape index (κ2) is 11.4. The number of thioether (sulfide) groups is 1. The third-order valence-electron chi connectivity index (χ3n) is 5.52.